The van der Waals surface area contributed by atoms with Crippen molar-refractivity contribution in [2.75, 3.05) is 55.7 Å². The molecule has 11 heteroatoms. The van der Waals surface area contributed by atoms with Gasteiger partial charge >= 0.3 is 0 Å². The van der Waals surface area contributed by atoms with E-state index in [4.69, 9.17) is 14.7 Å². The molecule has 3 aliphatic heterocycles. The summed E-state index contributed by atoms with van der Waals surface area (Å²) >= 11 is 0. The second-order valence-corrected chi connectivity index (χ2v) is 12.8. The van der Waals surface area contributed by atoms with Gasteiger partial charge in [0, 0.05) is 38.8 Å². The molecule has 0 radical (unpaired) electrons. The maximum Gasteiger partial charge on any atom is 0.152 e. The topological polar surface area (TPSA) is 97.1 Å². The average Bonchev–Trinajstić information content (AvgIpc) is 3.64. The van der Waals surface area contributed by atoms with Crippen molar-refractivity contribution in [2.24, 2.45) is 5.41 Å². The van der Waals surface area contributed by atoms with Gasteiger partial charge in [-0.25, -0.2) is 14.1 Å². The van der Waals surface area contributed by atoms with Crippen LogP contribution in [0.25, 0.3) is 11.4 Å². The first-order valence-corrected chi connectivity index (χ1v) is 14.7. The third-order valence-corrected chi connectivity index (χ3v) is 9.78. The van der Waals surface area contributed by atoms with Gasteiger partial charge in [0.15, 0.2) is 5.54 Å². The van der Waals surface area contributed by atoms with Gasteiger partial charge in [-0.2, -0.15) is 0 Å². The number of hydrogen-bond donors (Lipinski definition) is 1. The van der Waals surface area contributed by atoms with E-state index in [-0.39, 0.29) is 5.41 Å². The number of ether oxygens (including phenoxy) is 1. The van der Waals surface area contributed by atoms with Crippen LogP contribution in [0.2, 0.25) is 0 Å². The molecule has 6 aliphatic rings. The smallest absolute Gasteiger partial charge is 0.152 e. The van der Waals surface area contributed by atoms with Crippen LogP contribution in [-0.2, 0) is 10.3 Å². The number of alkyl halides is 1. The first-order valence-electron chi connectivity index (χ1n) is 14.7. The molecule has 3 aromatic rings. The summed E-state index contributed by atoms with van der Waals surface area (Å²) in [4.78, 5) is 18.8. The predicted molar refractivity (Wildman–Crippen MR) is 148 cm³/mol. The van der Waals surface area contributed by atoms with E-state index in [0.717, 1.165) is 81.3 Å². The number of nitrogens with zero attached hydrogens (tertiary/aromatic N) is 8. The summed E-state index contributed by atoms with van der Waals surface area (Å²) in [6.45, 7) is 5.96. The van der Waals surface area contributed by atoms with Crippen LogP contribution in [-0.4, -0.2) is 87.6 Å². The van der Waals surface area contributed by atoms with Gasteiger partial charge in [-0.15, -0.1) is 5.10 Å². The third kappa shape index (κ3) is 4.08. The molecule has 40 heavy (non-hydrogen) atoms. The van der Waals surface area contributed by atoms with E-state index in [0.29, 0.717) is 24.9 Å². The number of hydrogen-bond acceptors (Lipinski definition) is 9. The summed E-state index contributed by atoms with van der Waals surface area (Å²) in [6, 6.07) is 4.71. The van der Waals surface area contributed by atoms with Crippen LogP contribution in [0, 0.1) is 5.41 Å². The lowest BCUT2D eigenvalue weighted by atomic mass is 9.42. The number of anilines is 2. The van der Waals surface area contributed by atoms with Crippen LogP contribution in [0.1, 0.15) is 50.6 Å². The Morgan fingerprint density at radius 2 is 1.80 bits per heavy atom. The standard InChI is InChI=1S/C29H36FN9O/c30-28-15-27(16-28,17-28)18-33-21-4-3-9-38(13-21)22-5-6-25(32-10-22)29(19-40-20-29)39-14-24(35-36-39)23-11-31-12-26(34-23)37-7-1-2-8-37/h5-6,10-12,14,21,33H,1-4,7-9,13,15-20H2. The fourth-order valence-electron chi connectivity index (χ4n) is 7.50. The zero-order chi connectivity index (χ0) is 26.8. The van der Waals surface area contributed by atoms with Crippen LogP contribution in [0.15, 0.2) is 36.9 Å². The van der Waals surface area contributed by atoms with Crippen LogP contribution in [0.4, 0.5) is 15.9 Å². The number of rotatable bonds is 8. The maximum absolute atomic E-state index is 13.9. The zero-order valence-electron chi connectivity index (χ0n) is 22.8. The lowest BCUT2D eigenvalue weighted by Crippen LogP contribution is -2.68. The van der Waals surface area contributed by atoms with Gasteiger partial charge in [0.2, 0.25) is 0 Å². The molecule has 1 N–H and O–H groups in total. The number of halogens is 1. The average molecular weight is 546 g/mol. The van der Waals surface area contributed by atoms with Crippen molar-refractivity contribution in [2.45, 2.75) is 62.2 Å². The molecule has 1 atom stereocenters. The molecule has 1 unspecified atom stereocenters. The highest BCUT2D eigenvalue weighted by Crippen LogP contribution is 2.69. The third-order valence-electron chi connectivity index (χ3n) is 9.78. The van der Waals surface area contributed by atoms with E-state index in [1.54, 1.807) is 6.20 Å². The van der Waals surface area contributed by atoms with E-state index >= 15 is 0 Å². The molecule has 210 valence electrons. The van der Waals surface area contributed by atoms with Crippen molar-refractivity contribution < 1.29 is 9.13 Å². The lowest BCUT2D eigenvalue weighted by Gasteiger charge is -2.66. The Morgan fingerprint density at radius 1 is 0.975 bits per heavy atom. The predicted octanol–water partition coefficient (Wildman–Crippen LogP) is 2.95. The van der Waals surface area contributed by atoms with Crippen molar-refractivity contribution in [3.8, 4) is 11.4 Å². The summed E-state index contributed by atoms with van der Waals surface area (Å²) in [6.07, 6.45) is 14.4. The largest absolute Gasteiger partial charge is 0.375 e. The van der Waals surface area contributed by atoms with Crippen LogP contribution >= 0.6 is 0 Å². The Balaban J connectivity index is 0.957. The molecular formula is C29H36FN9O. The fourth-order valence-corrected chi connectivity index (χ4v) is 7.50. The number of aromatic nitrogens is 6. The number of piperidine rings is 1. The Bertz CT molecular complexity index is 1360. The molecule has 3 saturated heterocycles. The molecule has 0 aromatic carbocycles. The molecule has 2 bridgehead atoms. The van der Waals surface area contributed by atoms with Gasteiger partial charge < -0.3 is 19.9 Å². The van der Waals surface area contributed by atoms with Gasteiger partial charge in [-0.3, -0.25) is 9.97 Å². The number of pyridine rings is 1. The highest BCUT2D eigenvalue weighted by Gasteiger charge is 2.68. The van der Waals surface area contributed by atoms with E-state index in [1.807, 2.05) is 23.3 Å². The summed E-state index contributed by atoms with van der Waals surface area (Å²) in [7, 11) is 0. The zero-order valence-corrected chi connectivity index (χ0v) is 22.8. The molecule has 0 spiro atoms. The minimum Gasteiger partial charge on any atom is -0.375 e. The Hall–Kier alpha value is -3.18. The van der Waals surface area contributed by atoms with Crippen molar-refractivity contribution in [1.29, 1.82) is 0 Å². The molecule has 6 fully saturated rings. The van der Waals surface area contributed by atoms with E-state index in [1.165, 1.54) is 19.3 Å². The molecule has 10 nitrogen and oxygen atoms in total. The first-order chi connectivity index (χ1) is 19.5. The molecule has 3 saturated carbocycles. The summed E-state index contributed by atoms with van der Waals surface area (Å²) < 4.78 is 21.5. The van der Waals surface area contributed by atoms with Crippen molar-refractivity contribution in [1.82, 2.24) is 35.3 Å². The van der Waals surface area contributed by atoms with E-state index in [2.05, 4.69) is 42.5 Å². The Kier molecular flexibility index (Phi) is 5.64. The Labute approximate surface area is 233 Å². The first kappa shape index (κ1) is 24.6. The highest BCUT2D eigenvalue weighted by molar-refractivity contribution is 5.55. The SMILES string of the molecule is FC12CC(CNC3CCCN(c4ccc(C5(n6cc(-c7cncc(N8CCCC8)n7)nn6)COC5)nc4)C3)(C1)C2. The van der Waals surface area contributed by atoms with Crippen LogP contribution in [0.5, 0.6) is 0 Å². The fraction of sp³-hybridized carbons (Fsp3) is 0.621. The number of nitrogens with one attached hydrogen (secondary N) is 1. The van der Waals surface area contributed by atoms with Crippen molar-refractivity contribution in [3.63, 3.8) is 0 Å². The van der Waals surface area contributed by atoms with Gasteiger partial charge in [0.05, 0.1) is 49.4 Å². The quantitative estimate of drug-likeness (QED) is 0.458. The summed E-state index contributed by atoms with van der Waals surface area (Å²) in [5, 5.41) is 12.7. The van der Waals surface area contributed by atoms with Gasteiger partial charge in [-0.05, 0) is 62.5 Å². The lowest BCUT2D eigenvalue weighted by molar-refractivity contribution is -0.210. The molecule has 0 amide bonds. The maximum atomic E-state index is 13.9. The van der Waals surface area contributed by atoms with Crippen LogP contribution in [0.3, 0.4) is 0 Å². The van der Waals surface area contributed by atoms with Gasteiger partial charge in [0.1, 0.15) is 22.9 Å². The summed E-state index contributed by atoms with van der Waals surface area (Å²) in [5.41, 5.74) is 2.41. The molecule has 3 aliphatic carbocycles. The Morgan fingerprint density at radius 3 is 2.52 bits per heavy atom. The van der Waals surface area contributed by atoms with Crippen molar-refractivity contribution >= 4 is 11.5 Å². The van der Waals surface area contributed by atoms with E-state index in [9.17, 15) is 4.39 Å². The highest BCUT2D eigenvalue weighted by atomic mass is 19.1. The monoisotopic (exact) mass is 545 g/mol. The minimum absolute atomic E-state index is 0.240. The normalized spacial score (nSPS) is 30.5. The van der Waals surface area contributed by atoms with Gasteiger partial charge in [0.25, 0.3) is 0 Å². The molecular weight excluding hydrogens is 509 g/mol. The minimum atomic E-state index is -0.823. The second-order valence-electron chi connectivity index (χ2n) is 12.8. The second kappa shape index (κ2) is 9.17. The molecule has 3 aromatic heterocycles. The summed E-state index contributed by atoms with van der Waals surface area (Å²) in [5.74, 6) is 0.895. The van der Waals surface area contributed by atoms with Crippen molar-refractivity contribution in [3.05, 3.63) is 42.6 Å². The molecule has 9 rings (SSSR count). The molecule has 6 heterocycles. The van der Waals surface area contributed by atoms with E-state index < -0.39 is 11.2 Å². The van der Waals surface area contributed by atoms with Gasteiger partial charge in [-0.1, -0.05) is 5.21 Å². The van der Waals surface area contributed by atoms with Crippen LogP contribution < -0.4 is 15.1 Å².